The molecule has 0 bridgehead atoms. The maximum absolute atomic E-state index is 10.9. The molecule has 5 nitrogen and oxygen atoms in total. The van der Waals surface area contributed by atoms with Gasteiger partial charge in [-0.05, 0) is 13.0 Å². The van der Waals surface area contributed by atoms with Crippen molar-refractivity contribution >= 4 is 5.91 Å². The number of carbonyl (C=O) groups excluding carboxylic acids is 1. The number of aryl methyl sites for hydroxylation is 1. The predicted octanol–water partition coefficient (Wildman–Crippen LogP) is -0.0618. The molecule has 0 atom stereocenters. The number of amides is 1. The second kappa shape index (κ2) is 3.87. The van der Waals surface area contributed by atoms with E-state index in [0.717, 1.165) is 5.69 Å². The first kappa shape index (κ1) is 8.73. The maximum atomic E-state index is 10.9. The lowest BCUT2D eigenvalue weighted by molar-refractivity contribution is -0.130. The number of aromatic nitrogens is 2. The van der Waals surface area contributed by atoms with Gasteiger partial charge in [0.05, 0.1) is 19.2 Å². The van der Waals surface area contributed by atoms with E-state index >= 15 is 0 Å². The van der Waals surface area contributed by atoms with E-state index in [1.165, 1.54) is 7.11 Å². The molecule has 2 N–H and O–H groups in total. The molecule has 0 aromatic carbocycles. The first-order valence-electron chi connectivity index (χ1n) is 3.55. The topological polar surface area (TPSA) is 67.0 Å². The summed E-state index contributed by atoms with van der Waals surface area (Å²) < 4.78 is 0. The second-order valence-electron chi connectivity index (χ2n) is 2.45. The van der Waals surface area contributed by atoms with E-state index in [1.54, 1.807) is 0 Å². The van der Waals surface area contributed by atoms with Gasteiger partial charge in [-0.25, -0.2) is 5.48 Å². The highest BCUT2D eigenvalue weighted by molar-refractivity contribution is 5.76. The van der Waals surface area contributed by atoms with Gasteiger partial charge in [0.15, 0.2) is 0 Å². The van der Waals surface area contributed by atoms with E-state index in [0.29, 0.717) is 5.69 Å². The van der Waals surface area contributed by atoms with Gasteiger partial charge < -0.3 is 0 Å². The molecule has 0 unspecified atom stereocenters. The summed E-state index contributed by atoms with van der Waals surface area (Å²) >= 11 is 0. The van der Waals surface area contributed by atoms with Crippen LogP contribution in [-0.4, -0.2) is 23.2 Å². The Morgan fingerprint density at radius 2 is 2.58 bits per heavy atom. The number of nitrogens with one attached hydrogen (secondary N) is 2. The summed E-state index contributed by atoms with van der Waals surface area (Å²) in [5.74, 6) is -0.205. The van der Waals surface area contributed by atoms with Crippen molar-refractivity contribution in [2.45, 2.75) is 13.3 Å². The van der Waals surface area contributed by atoms with Crippen molar-refractivity contribution in [3.05, 3.63) is 17.5 Å². The minimum atomic E-state index is -0.205. The van der Waals surface area contributed by atoms with Gasteiger partial charge in [-0.15, -0.1) is 0 Å². The van der Waals surface area contributed by atoms with E-state index in [1.807, 2.05) is 13.0 Å². The SMILES string of the molecule is CONC(=O)Cc1cc(C)[nH]n1. The van der Waals surface area contributed by atoms with Gasteiger partial charge in [0.25, 0.3) is 0 Å². The fraction of sp³-hybridized carbons (Fsp3) is 0.429. The van der Waals surface area contributed by atoms with E-state index < -0.39 is 0 Å². The van der Waals surface area contributed by atoms with Crippen molar-refractivity contribution in [2.75, 3.05) is 7.11 Å². The van der Waals surface area contributed by atoms with E-state index in [2.05, 4.69) is 20.5 Å². The van der Waals surface area contributed by atoms with Crippen molar-refractivity contribution in [1.29, 1.82) is 0 Å². The molecule has 0 saturated carbocycles. The van der Waals surface area contributed by atoms with Crippen molar-refractivity contribution in [3.8, 4) is 0 Å². The molecular formula is C7H11N3O2. The number of hydroxylamine groups is 1. The molecule has 1 heterocycles. The third-order valence-electron chi connectivity index (χ3n) is 1.32. The minimum absolute atomic E-state index is 0.205. The Labute approximate surface area is 70.1 Å². The number of rotatable bonds is 3. The minimum Gasteiger partial charge on any atom is -0.283 e. The van der Waals surface area contributed by atoms with E-state index in [4.69, 9.17) is 0 Å². The van der Waals surface area contributed by atoms with Crippen LogP contribution in [0.4, 0.5) is 0 Å². The zero-order chi connectivity index (χ0) is 8.97. The normalized spacial score (nSPS) is 9.83. The monoisotopic (exact) mass is 169 g/mol. The fourth-order valence-corrected chi connectivity index (χ4v) is 0.879. The smallest absolute Gasteiger partial charge is 0.249 e. The van der Waals surface area contributed by atoms with Crippen LogP contribution in [0.1, 0.15) is 11.4 Å². The van der Waals surface area contributed by atoms with Crippen LogP contribution in [0.5, 0.6) is 0 Å². The second-order valence-corrected chi connectivity index (χ2v) is 2.45. The number of carbonyl (C=O) groups is 1. The molecule has 0 fully saturated rings. The van der Waals surface area contributed by atoms with Crippen molar-refractivity contribution < 1.29 is 9.63 Å². The first-order chi connectivity index (χ1) is 5.72. The molecule has 66 valence electrons. The van der Waals surface area contributed by atoms with Crippen LogP contribution in [-0.2, 0) is 16.1 Å². The van der Waals surface area contributed by atoms with Gasteiger partial charge in [0, 0.05) is 5.69 Å². The zero-order valence-corrected chi connectivity index (χ0v) is 7.05. The Morgan fingerprint density at radius 1 is 1.83 bits per heavy atom. The molecule has 1 aromatic heterocycles. The summed E-state index contributed by atoms with van der Waals surface area (Å²) in [5.41, 5.74) is 3.86. The lowest BCUT2D eigenvalue weighted by Gasteiger charge is -1.97. The van der Waals surface area contributed by atoms with E-state index in [-0.39, 0.29) is 12.3 Å². The molecule has 12 heavy (non-hydrogen) atoms. The molecule has 0 radical (unpaired) electrons. The lowest BCUT2D eigenvalue weighted by atomic mass is 10.3. The summed E-state index contributed by atoms with van der Waals surface area (Å²) in [4.78, 5) is 15.4. The first-order valence-corrected chi connectivity index (χ1v) is 3.55. The Kier molecular flexibility index (Phi) is 2.82. The zero-order valence-electron chi connectivity index (χ0n) is 7.05. The van der Waals surface area contributed by atoms with Gasteiger partial charge >= 0.3 is 0 Å². The highest BCUT2D eigenvalue weighted by atomic mass is 16.6. The van der Waals surface area contributed by atoms with E-state index in [9.17, 15) is 4.79 Å². The van der Waals surface area contributed by atoms with Gasteiger partial charge in [-0.3, -0.25) is 14.7 Å². The largest absolute Gasteiger partial charge is 0.283 e. The molecule has 1 amide bonds. The summed E-state index contributed by atoms with van der Waals surface area (Å²) in [6.45, 7) is 1.88. The Hall–Kier alpha value is -1.36. The van der Waals surface area contributed by atoms with Gasteiger partial charge in [-0.1, -0.05) is 0 Å². The van der Waals surface area contributed by atoms with Crippen LogP contribution in [0.25, 0.3) is 0 Å². The quantitative estimate of drug-likeness (QED) is 0.623. The summed E-state index contributed by atoms with van der Waals surface area (Å²) in [6.07, 6.45) is 0.234. The fourth-order valence-electron chi connectivity index (χ4n) is 0.879. The highest BCUT2D eigenvalue weighted by Crippen LogP contribution is 1.97. The lowest BCUT2D eigenvalue weighted by Crippen LogP contribution is -2.23. The van der Waals surface area contributed by atoms with Gasteiger partial charge in [0.2, 0.25) is 5.91 Å². The maximum Gasteiger partial charge on any atom is 0.249 e. The molecular weight excluding hydrogens is 158 g/mol. The highest BCUT2D eigenvalue weighted by Gasteiger charge is 2.04. The number of nitrogens with zero attached hydrogens (tertiary/aromatic N) is 1. The van der Waals surface area contributed by atoms with Crippen molar-refractivity contribution in [1.82, 2.24) is 15.7 Å². The van der Waals surface area contributed by atoms with Crippen LogP contribution < -0.4 is 5.48 Å². The number of aromatic amines is 1. The average Bonchev–Trinajstić information content (AvgIpc) is 2.36. The molecule has 0 aliphatic carbocycles. The third kappa shape index (κ3) is 2.35. The molecule has 5 heteroatoms. The van der Waals surface area contributed by atoms with Crippen molar-refractivity contribution in [3.63, 3.8) is 0 Å². The van der Waals surface area contributed by atoms with Crippen molar-refractivity contribution in [2.24, 2.45) is 0 Å². The Morgan fingerprint density at radius 3 is 3.08 bits per heavy atom. The Bertz CT molecular complexity index is 269. The molecule has 0 saturated heterocycles. The number of hydrogen-bond donors (Lipinski definition) is 2. The summed E-state index contributed by atoms with van der Waals surface area (Å²) in [6, 6.07) is 1.81. The van der Waals surface area contributed by atoms with Crippen LogP contribution in [0.15, 0.2) is 6.07 Å². The molecule has 0 aliphatic heterocycles. The molecule has 1 rings (SSSR count). The van der Waals surface area contributed by atoms with Crippen LogP contribution in [0.2, 0.25) is 0 Å². The molecule has 0 spiro atoms. The number of hydrogen-bond acceptors (Lipinski definition) is 3. The van der Waals surface area contributed by atoms with Gasteiger partial charge in [0.1, 0.15) is 0 Å². The van der Waals surface area contributed by atoms with Crippen LogP contribution >= 0.6 is 0 Å². The third-order valence-corrected chi connectivity index (χ3v) is 1.32. The summed E-state index contributed by atoms with van der Waals surface area (Å²) in [7, 11) is 1.40. The Balaban J connectivity index is 2.46. The number of H-pyrrole nitrogens is 1. The standard InChI is InChI=1S/C7H11N3O2/c1-5-3-6(9-8-5)4-7(11)10-12-2/h3H,4H2,1-2H3,(H,8,9)(H,10,11). The average molecular weight is 169 g/mol. The van der Waals surface area contributed by atoms with Gasteiger partial charge in [-0.2, -0.15) is 5.10 Å². The molecule has 1 aromatic rings. The van der Waals surface area contributed by atoms with Crippen LogP contribution in [0.3, 0.4) is 0 Å². The molecule has 0 aliphatic rings. The van der Waals surface area contributed by atoms with Crippen LogP contribution in [0, 0.1) is 6.92 Å². The summed E-state index contributed by atoms with van der Waals surface area (Å²) in [5, 5.41) is 6.64. The predicted molar refractivity (Wildman–Crippen MR) is 42.2 cm³/mol.